The lowest BCUT2D eigenvalue weighted by molar-refractivity contribution is 0.412. The van der Waals surface area contributed by atoms with Crippen molar-refractivity contribution in [2.45, 2.75) is 6.54 Å². The molecule has 0 atom stereocenters. The van der Waals surface area contributed by atoms with Gasteiger partial charge in [0.2, 0.25) is 0 Å². The Hall–Kier alpha value is -3.15. The van der Waals surface area contributed by atoms with E-state index in [2.05, 4.69) is 0 Å². The smallest absolute Gasteiger partial charge is 0.321 e. The van der Waals surface area contributed by atoms with Crippen molar-refractivity contribution in [1.29, 1.82) is 0 Å². The first-order valence-electron chi connectivity index (χ1n) is 7.30. The molecule has 0 bridgehead atoms. The van der Waals surface area contributed by atoms with Gasteiger partial charge in [-0.25, -0.2) is 4.39 Å². The molecule has 1 aromatic heterocycles. The number of hydrogen-bond donors (Lipinski definition) is 0. The standard InChI is InChI=1S/C18H15FN2O3/c1-24-16-5-3-2-4-15(16)21-11-10-20(17(22)18(21)23)12-13-6-8-14(19)9-7-13/h2-11H,12H2,1H3. The molecule has 0 fully saturated rings. The molecule has 0 amide bonds. The Morgan fingerprint density at radius 1 is 0.958 bits per heavy atom. The van der Waals surface area contributed by atoms with Crippen molar-refractivity contribution < 1.29 is 9.13 Å². The second kappa shape index (κ2) is 6.54. The average Bonchev–Trinajstić information content (AvgIpc) is 2.61. The van der Waals surface area contributed by atoms with Crippen LogP contribution < -0.4 is 15.9 Å². The van der Waals surface area contributed by atoms with Gasteiger partial charge in [0.1, 0.15) is 11.6 Å². The van der Waals surface area contributed by atoms with E-state index in [9.17, 15) is 14.0 Å². The van der Waals surface area contributed by atoms with Gasteiger partial charge in [0.15, 0.2) is 0 Å². The topological polar surface area (TPSA) is 53.2 Å². The predicted molar refractivity (Wildman–Crippen MR) is 88.4 cm³/mol. The van der Waals surface area contributed by atoms with Gasteiger partial charge in [0, 0.05) is 12.4 Å². The number of ether oxygens (including phenoxy) is 1. The number of benzene rings is 2. The summed E-state index contributed by atoms with van der Waals surface area (Å²) in [6.45, 7) is 0.196. The molecule has 1 heterocycles. The number of aromatic nitrogens is 2. The van der Waals surface area contributed by atoms with Gasteiger partial charge >= 0.3 is 11.1 Å². The molecule has 0 unspecified atom stereocenters. The highest BCUT2D eigenvalue weighted by molar-refractivity contribution is 5.46. The second-order valence-electron chi connectivity index (χ2n) is 5.20. The monoisotopic (exact) mass is 326 g/mol. The van der Waals surface area contributed by atoms with E-state index in [0.29, 0.717) is 11.4 Å². The van der Waals surface area contributed by atoms with Crippen LogP contribution in [0, 0.1) is 5.82 Å². The van der Waals surface area contributed by atoms with Gasteiger partial charge in [-0.15, -0.1) is 0 Å². The third-order valence-electron chi connectivity index (χ3n) is 3.67. The Morgan fingerprint density at radius 3 is 2.38 bits per heavy atom. The van der Waals surface area contributed by atoms with Crippen LogP contribution in [-0.2, 0) is 6.54 Å². The zero-order valence-corrected chi connectivity index (χ0v) is 13.0. The number of hydrogen-bond acceptors (Lipinski definition) is 3. The molecule has 0 radical (unpaired) electrons. The highest BCUT2D eigenvalue weighted by Crippen LogP contribution is 2.19. The van der Waals surface area contributed by atoms with E-state index < -0.39 is 11.1 Å². The van der Waals surface area contributed by atoms with Gasteiger partial charge in [0.25, 0.3) is 0 Å². The number of methoxy groups -OCH3 is 1. The van der Waals surface area contributed by atoms with E-state index in [1.54, 1.807) is 36.4 Å². The average molecular weight is 326 g/mol. The largest absolute Gasteiger partial charge is 0.495 e. The van der Waals surface area contributed by atoms with Crippen LogP contribution in [-0.4, -0.2) is 16.2 Å². The summed E-state index contributed by atoms with van der Waals surface area (Å²) >= 11 is 0. The van der Waals surface area contributed by atoms with Gasteiger partial charge in [-0.3, -0.25) is 14.2 Å². The van der Waals surface area contributed by atoms with Crippen molar-refractivity contribution in [3.8, 4) is 11.4 Å². The van der Waals surface area contributed by atoms with E-state index in [4.69, 9.17) is 4.74 Å². The van der Waals surface area contributed by atoms with Crippen molar-refractivity contribution >= 4 is 0 Å². The zero-order valence-electron chi connectivity index (χ0n) is 13.0. The molecule has 24 heavy (non-hydrogen) atoms. The predicted octanol–water partition coefficient (Wildman–Crippen LogP) is 2.20. The third-order valence-corrected chi connectivity index (χ3v) is 3.67. The zero-order chi connectivity index (χ0) is 17.1. The van der Waals surface area contributed by atoms with Gasteiger partial charge < -0.3 is 9.30 Å². The van der Waals surface area contributed by atoms with Crippen molar-refractivity contribution in [2.75, 3.05) is 7.11 Å². The maximum Gasteiger partial charge on any atom is 0.321 e. The van der Waals surface area contributed by atoms with Crippen molar-refractivity contribution in [3.05, 3.63) is 93.0 Å². The molecule has 2 aromatic carbocycles. The van der Waals surface area contributed by atoms with Crippen LogP contribution in [0.3, 0.4) is 0 Å². The molecule has 6 heteroatoms. The highest BCUT2D eigenvalue weighted by atomic mass is 19.1. The molecule has 0 saturated carbocycles. The molecule has 0 aliphatic carbocycles. The first kappa shape index (κ1) is 15.7. The Bertz CT molecular complexity index is 975. The summed E-state index contributed by atoms with van der Waals surface area (Å²) in [7, 11) is 1.50. The number of para-hydroxylation sites is 2. The fourth-order valence-electron chi connectivity index (χ4n) is 2.44. The van der Waals surface area contributed by atoms with Crippen LogP contribution in [0.25, 0.3) is 5.69 Å². The fourth-order valence-corrected chi connectivity index (χ4v) is 2.44. The Morgan fingerprint density at radius 2 is 1.67 bits per heavy atom. The van der Waals surface area contributed by atoms with E-state index >= 15 is 0 Å². The van der Waals surface area contributed by atoms with Crippen molar-refractivity contribution in [2.24, 2.45) is 0 Å². The summed E-state index contributed by atoms with van der Waals surface area (Å²) in [6, 6.07) is 12.7. The van der Waals surface area contributed by atoms with E-state index in [1.165, 1.54) is 40.8 Å². The summed E-state index contributed by atoms with van der Waals surface area (Å²) in [5, 5.41) is 0. The van der Waals surface area contributed by atoms with Crippen LogP contribution in [0.2, 0.25) is 0 Å². The molecule has 3 rings (SSSR count). The first-order chi connectivity index (χ1) is 11.6. The van der Waals surface area contributed by atoms with E-state index in [1.807, 2.05) is 0 Å². The third kappa shape index (κ3) is 2.99. The Labute approximate surface area is 137 Å². The van der Waals surface area contributed by atoms with Crippen molar-refractivity contribution in [3.63, 3.8) is 0 Å². The molecule has 0 aliphatic heterocycles. The summed E-state index contributed by atoms with van der Waals surface area (Å²) < 4.78 is 20.7. The van der Waals surface area contributed by atoms with Crippen LogP contribution in [0.1, 0.15) is 5.56 Å². The number of rotatable bonds is 4. The summed E-state index contributed by atoms with van der Waals surface area (Å²) in [6.07, 6.45) is 3.05. The quantitative estimate of drug-likeness (QED) is 0.691. The van der Waals surface area contributed by atoms with Crippen LogP contribution in [0.5, 0.6) is 5.75 Å². The number of nitrogens with zero attached hydrogens (tertiary/aromatic N) is 2. The molecular weight excluding hydrogens is 311 g/mol. The SMILES string of the molecule is COc1ccccc1-n1ccn(Cc2ccc(F)cc2)c(=O)c1=O. The fraction of sp³-hybridized carbons (Fsp3) is 0.111. The van der Waals surface area contributed by atoms with Gasteiger partial charge in [-0.05, 0) is 29.8 Å². The minimum Gasteiger partial charge on any atom is -0.495 e. The first-order valence-corrected chi connectivity index (χ1v) is 7.30. The molecule has 0 aliphatic rings. The lowest BCUT2D eigenvalue weighted by atomic mass is 10.2. The van der Waals surface area contributed by atoms with Gasteiger partial charge in [-0.2, -0.15) is 0 Å². The van der Waals surface area contributed by atoms with E-state index in [-0.39, 0.29) is 12.4 Å². The molecule has 3 aromatic rings. The summed E-state index contributed by atoms with van der Waals surface area (Å²) in [5.74, 6) is 0.146. The van der Waals surface area contributed by atoms with E-state index in [0.717, 1.165) is 5.56 Å². The minimum atomic E-state index is -0.677. The Kier molecular flexibility index (Phi) is 4.29. The lowest BCUT2D eigenvalue weighted by Gasteiger charge is -2.12. The van der Waals surface area contributed by atoms with Crippen LogP contribution in [0.4, 0.5) is 4.39 Å². The minimum absolute atomic E-state index is 0.196. The van der Waals surface area contributed by atoms with Crippen LogP contribution >= 0.6 is 0 Å². The maximum absolute atomic E-state index is 12.9. The lowest BCUT2D eigenvalue weighted by Crippen LogP contribution is -2.40. The molecule has 0 spiro atoms. The summed E-state index contributed by atoms with van der Waals surface area (Å²) in [4.78, 5) is 24.8. The molecule has 122 valence electrons. The Balaban J connectivity index is 2.02. The molecule has 0 saturated heterocycles. The molecule has 0 N–H and O–H groups in total. The van der Waals surface area contributed by atoms with Crippen LogP contribution in [0.15, 0.2) is 70.5 Å². The molecular formula is C18H15FN2O3. The highest BCUT2D eigenvalue weighted by Gasteiger charge is 2.10. The maximum atomic E-state index is 12.9. The van der Waals surface area contributed by atoms with Gasteiger partial charge in [-0.1, -0.05) is 24.3 Å². The van der Waals surface area contributed by atoms with Gasteiger partial charge in [0.05, 0.1) is 19.3 Å². The second-order valence-corrected chi connectivity index (χ2v) is 5.20. The molecule has 5 nitrogen and oxygen atoms in total. The normalized spacial score (nSPS) is 10.6. The number of halogens is 1. The van der Waals surface area contributed by atoms with Crippen molar-refractivity contribution in [1.82, 2.24) is 9.13 Å². The summed E-state index contributed by atoms with van der Waals surface area (Å²) in [5.41, 5.74) is -0.110.